The molecule has 5 rings (SSSR count). The second-order valence-corrected chi connectivity index (χ2v) is 11.3. The maximum Gasteiger partial charge on any atom is 0.253 e. The molecule has 1 N–H and O–H groups in total. The molecule has 0 saturated heterocycles. The average molecular weight is 543 g/mol. The van der Waals surface area contributed by atoms with E-state index in [1.165, 1.54) is 4.88 Å². The van der Waals surface area contributed by atoms with Gasteiger partial charge in [-0.25, -0.2) is 4.68 Å². The zero-order valence-corrected chi connectivity index (χ0v) is 23.6. The van der Waals surface area contributed by atoms with Crippen molar-refractivity contribution in [2.24, 2.45) is 0 Å². The summed E-state index contributed by atoms with van der Waals surface area (Å²) in [4.78, 5) is 20.4. The molecule has 1 unspecified atom stereocenters. The van der Waals surface area contributed by atoms with Crippen LogP contribution in [0.1, 0.15) is 62.0 Å². The van der Waals surface area contributed by atoms with Crippen molar-refractivity contribution in [3.63, 3.8) is 0 Å². The minimum Gasteiger partial charge on any atom is -0.494 e. The molecule has 39 heavy (non-hydrogen) atoms. The van der Waals surface area contributed by atoms with Crippen molar-refractivity contribution in [2.45, 2.75) is 58.8 Å². The Kier molecular flexibility index (Phi) is 7.90. The van der Waals surface area contributed by atoms with Crippen LogP contribution in [0.2, 0.25) is 0 Å². The summed E-state index contributed by atoms with van der Waals surface area (Å²) in [6, 6.07) is 21.7. The first-order valence-electron chi connectivity index (χ1n) is 13.3. The van der Waals surface area contributed by atoms with E-state index < -0.39 is 6.04 Å². The maximum atomic E-state index is 13.8. The summed E-state index contributed by atoms with van der Waals surface area (Å²) in [5.41, 5.74) is 1.98. The predicted molar refractivity (Wildman–Crippen MR) is 155 cm³/mol. The van der Waals surface area contributed by atoms with Gasteiger partial charge in [0.05, 0.1) is 12.1 Å². The third-order valence-corrected chi connectivity index (χ3v) is 8.02. The minimum absolute atomic E-state index is 0.162. The number of tetrazole rings is 1. The Morgan fingerprint density at radius 2 is 1.87 bits per heavy atom. The van der Waals surface area contributed by atoms with Crippen molar-refractivity contribution < 1.29 is 4.74 Å². The van der Waals surface area contributed by atoms with Crippen molar-refractivity contribution in [3.05, 3.63) is 104 Å². The van der Waals surface area contributed by atoms with Gasteiger partial charge in [-0.1, -0.05) is 43.3 Å². The van der Waals surface area contributed by atoms with Crippen LogP contribution in [0.4, 0.5) is 0 Å². The highest BCUT2D eigenvalue weighted by atomic mass is 32.1. The number of rotatable bonds is 11. The van der Waals surface area contributed by atoms with Crippen LogP contribution in [-0.4, -0.2) is 36.7 Å². The highest BCUT2D eigenvalue weighted by molar-refractivity contribution is 7.09. The quantitative estimate of drug-likeness (QED) is 0.223. The lowest BCUT2D eigenvalue weighted by Crippen LogP contribution is -2.37. The number of ether oxygens (including phenoxy) is 1. The fourth-order valence-electron chi connectivity index (χ4n) is 4.76. The molecule has 0 aliphatic heterocycles. The molecule has 8 nitrogen and oxygen atoms in total. The highest BCUT2D eigenvalue weighted by Crippen LogP contribution is 2.33. The van der Waals surface area contributed by atoms with Crippen LogP contribution in [0, 0.1) is 0 Å². The monoisotopic (exact) mass is 542 g/mol. The van der Waals surface area contributed by atoms with Crippen molar-refractivity contribution in [3.8, 4) is 5.75 Å². The standard InChI is InChI=1S/C30H34N6O2S/c1-5-30(3,4)36-28(32-33-34-36)27(25-18-22-17-23(38-6-2)14-15-26(22)31-29(25)37)35(20-24-13-10-16-39-24)19-21-11-8-7-9-12-21/h7-18,27H,5-6,19-20H2,1-4H3,(H,31,37). The van der Waals surface area contributed by atoms with Crippen LogP contribution in [0.15, 0.2) is 76.9 Å². The number of H-pyrrole nitrogens is 1. The summed E-state index contributed by atoms with van der Waals surface area (Å²) in [7, 11) is 0. The van der Waals surface area contributed by atoms with Crippen LogP contribution >= 0.6 is 11.3 Å². The van der Waals surface area contributed by atoms with Crippen molar-refractivity contribution >= 4 is 22.2 Å². The normalized spacial score (nSPS) is 12.7. The van der Waals surface area contributed by atoms with Gasteiger partial charge in [0.2, 0.25) is 0 Å². The van der Waals surface area contributed by atoms with E-state index in [4.69, 9.17) is 4.74 Å². The molecular weight excluding hydrogens is 508 g/mol. The first-order valence-corrected chi connectivity index (χ1v) is 14.2. The van der Waals surface area contributed by atoms with Crippen LogP contribution in [0.3, 0.4) is 0 Å². The number of pyridine rings is 1. The molecule has 202 valence electrons. The van der Waals surface area contributed by atoms with Gasteiger partial charge in [-0.3, -0.25) is 9.69 Å². The molecule has 0 saturated carbocycles. The SMILES string of the molecule is CCOc1ccc2[nH]c(=O)c(C(c3nnnn3C(C)(C)CC)N(Cc3ccccc3)Cc3cccs3)cc2c1. The third-order valence-electron chi connectivity index (χ3n) is 7.16. The minimum atomic E-state index is -0.503. The van der Waals surface area contributed by atoms with Gasteiger partial charge < -0.3 is 9.72 Å². The molecule has 0 aliphatic carbocycles. The van der Waals surface area contributed by atoms with Gasteiger partial charge >= 0.3 is 0 Å². The summed E-state index contributed by atoms with van der Waals surface area (Å²) in [5.74, 6) is 1.40. The summed E-state index contributed by atoms with van der Waals surface area (Å²) >= 11 is 1.70. The molecule has 3 heterocycles. The zero-order chi connectivity index (χ0) is 27.4. The molecule has 5 aromatic rings. The Bertz CT molecular complexity index is 1580. The van der Waals surface area contributed by atoms with Gasteiger partial charge in [-0.15, -0.1) is 16.4 Å². The van der Waals surface area contributed by atoms with E-state index in [0.717, 1.165) is 28.6 Å². The number of nitrogens with zero attached hydrogens (tertiary/aromatic N) is 5. The van der Waals surface area contributed by atoms with Crippen LogP contribution < -0.4 is 10.3 Å². The molecule has 2 aromatic carbocycles. The van der Waals surface area contributed by atoms with E-state index in [1.54, 1.807) is 11.3 Å². The predicted octanol–water partition coefficient (Wildman–Crippen LogP) is 5.91. The Morgan fingerprint density at radius 3 is 2.59 bits per heavy atom. The molecular formula is C30H34N6O2S. The molecule has 0 bridgehead atoms. The molecule has 0 fully saturated rings. The van der Waals surface area contributed by atoms with Gasteiger partial charge in [-0.2, -0.15) is 0 Å². The van der Waals surface area contributed by atoms with Crippen molar-refractivity contribution in [1.29, 1.82) is 0 Å². The average Bonchev–Trinajstić information content (AvgIpc) is 3.63. The van der Waals surface area contributed by atoms with E-state index in [9.17, 15) is 4.79 Å². The molecule has 9 heteroatoms. The largest absolute Gasteiger partial charge is 0.494 e. The summed E-state index contributed by atoms with van der Waals surface area (Å²) < 4.78 is 7.63. The van der Waals surface area contributed by atoms with E-state index in [1.807, 2.05) is 54.1 Å². The van der Waals surface area contributed by atoms with Gasteiger partial charge in [0.1, 0.15) is 11.8 Å². The fourth-order valence-corrected chi connectivity index (χ4v) is 5.49. The van der Waals surface area contributed by atoms with E-state index >= 15 is 0 Å². The van der Waals surface area contributed by atoms with Gasteiger partial charge in [0, 0.05) is 34.4 Å². The molecule has 3 aromatic heterocycles. The number of nitrogens with one attached hydrogen (secondary N) is 1. The van der Waals surface area contributed by atoms with Crippen LogP contribution in [0.5, 0.6) is 5.75 Å². The Labute approximate surface area is 232 Å². The summed E-state index contributed by atoms with van der Waals surface area (Å²) in [5, 5.41) is 16.1. The van der Waals surface area contributed by atoms with Gasteiger partial charge in [-0.05, 0) is 78.9 Å². The summed E-state index contributed by atoms with van der Waals surface area (Å²) in [6.45, 7) is 10.1. The van der Waals surface area contributed by atoms with E-state index in [0.29, 0.717) is 31.1 Å². The number of aromatic nitrogens is 5. The zero-order valence-electron chi connectivity index (χ0n) is 22.8. The van der Waals surface area contributed by atoms with Crippen molar-refractivity contribution in [2.75, 3.05) is 6.61 Å². The molecule has 0 amide bonds. The number of aromatic amines is 1. The first kappa shape index (κ1) is 26.8. The number of hydrogen-bond donors (Lipinski definition) is 1. The lowest BCUT2D eigenvalue weighted by Gasteiger charge is -2.33. The molecule has 1 atom stereocenters. The number of thiophene rings is 1. The topological polar surface area (TPSA) is 88.9 Å². The number of fused-ring (bicyclic) bond motifs is 1. The number of benzene rings is 2. The lowest BCUT2D eigenvalue weighted by molar-refractivity contribution is 0.182. The second kappa shape index (κ2) is 11.5. The maximum absolute atomic E-state index is 13.8. The smallest absolute Gasteiger partial charge is 0.253 e. The third kappa shape index (κ3) is 5.79. The Morgan fingerprint density at radius 1 is 1.05 bits per heavy atom. The molecule has 0 aliphatic rings. The highest BCUT2D eigenvalue weighted by Gasteiger charge is 2.34. The molecule has 0 radical (unpaired) electrons. The Hall–Kier alpha value is -3.82. The van der Waals surface area contributed by atoms with Crippen LogP contribution in [0.25, 0.3) is 10.9 Å². The number of hydrogen-bond acceptors (Lipinski definition) is 7. The van der Waals surface area contributed by atoms with Crippen LogP contribution in [-0.2, 0) is 18.6 Å². The first-order chi connectivity index (χ1) is 18.9. The fraction of sp³-hybridized carbons (Fsp3) is 0.333. The van der Waals surface area contributed by atoms with Crippen molar-refractivity contribution in [1.82, 2.24) is 30.1 Å². The van der Waals surface area contributed by atoms with Gasteiger partial charge in [0.15, 0.2) is 5.82 Å². The Balaban J connectivity index is 1.72. The van der Waals surface area contributed by atoms with Gasteiger partial charge in [0.25, 0.3) is 5.56 Å². The lowest BCUT2D eigenvalue weighted by atomic mass is 9.98. The summed E-state index contributed by atoms with van der Waals surface area (Å²) in [6.07, 6.45) is 0.827. The second-order valence-electron chi connectivity index (χ2n) is 10.2. The van der Waals surface area contributed by atoms with E-state index in [2.05, 4.69) is 75.8 Å². The van der Waals surface area contributed by atoms with E-state index in [-0.39, 0.29) is 11.1 Å². The molecule has 0 spiro atoms.